The van der Waals surface area contributed by atoms with Crippen molar-refractivity contribution in [3.63, 3.8) is 0 Å². The molecule has 0 aliphatic carbocycles. The second-order valence-electron chi connectivity index (χ2n) is 3.96. The Morgan fingerprint density at radius 2 is 2.05 bits per heavy atom. The van der Waals surface area contributed by atoms with E-state index in [2.05, 4.69) is 10.3 Å². The number of nitro groups is 1. The highest BCUT2D eigenvalue weighted by Crippen LogP contribution is 2.25. The summed E-state index contributed by atoms with van der Waals surface area (Å²) in [4.78, 5) is 25.2. The van der Waals surface area contributed by atoms with Crippen LogP contribution >= 0.6 is 0 Å². The van der Waals surface area contributed by atoms with Gasteiger partial charge in [0.1, 0.15) is 5.82 Å². The molecule has 0 aliphatic heterocycles. The minimum absolute atomic E-state index is 0.0105. The number of benzene rings is 1. The Balaban J connectivity index is 2.36. The van der Waals surface area contributed by atoms with E-state index in [0.717, 1.165) is 0 Å². The number of hydrogen-bond acceptors (Lipinski definition) is 5. The van der Waals surface area contributed by atoms with Crippen molar-refractivity contribution in [1.82, 2.24) is 4.98 Å². The number of nitrogen functional groups attached to an aromatic ring is 1. The Hall–Kier alpha value is -3.10. The normalized spacial score (nSPS) is 10.2. The number of nitrogens with two attached hydrogens (primary N) is 1. The van der Waals surface area contributed by atoms with Gasteiger partial charge in [0.25, 0.3) is 5.91 Å². The zero-order valence-electron chi connectivity index (χ0n) is 10.3. The summed E-state index contributed by atoms with van der Waals surface area (Å²) in [7, 11) is 0. The second kappa shape index (κ2) is 5.49. The number of aromatic nitrogens is 1. The van der Waals surface area contributed by atoms with Gasteiger partial charge in [-0.05, 0) is 6.07 Å². The molecule has 3 N–H and O–H groups in total. The fraction of sp³-hybridized carbons (Fsp3) is 0. The number of halogens is 2. The molecule has 0 saturated heterocycles. The van der Waals surface area contributed by atoms with Crippen molar-refractivity contribution in [2.75, 3.05) is 11.1 Å². The number of nitrogens with zero attached hydrogens (tertiary/aromatic N) is 2. The van der Waals surface area contributed by atoms with Crippen molar-refractivity contribution in [2.24, 2.45) is 0 Å². The van der Waals surface area contributed by atoms with Crippen LogP contribution in [0, 0.1) is 21.7 Å². The van der Waals surface area contributed by atoms with Gasteiger partial charge in [0.15, 0.2) is 0 Å². The van der Waals surface area contributed by atoms with Gasteiger partial charge in [-0.25, -0.2) is 4.39 Å². The Morgan fingerprint density at radius 1 is 1.33 bits per heavy atom. The van der Waals surface area contributed by atoms with Gasteiger partial charge < -0.3 is 11.1 Å². The lowest BCUT2D eigenvalue weighted by Gasteiger charge is -2.08. The van der Waals surface area contributed by atoms with Crippen LogP contribution in [0.4, 0.5) is 25.8 Å². The summed E-state index contributed by atoms with van der Waals surface area (Å²) in [6, 6.07) is 2.21. The van der Waals surface area contributed by atoms with Crippen molar-refractivity contribution < 1.29 is 18.5 Å². The van der Waals surface area contributed by atoms with Gasteiger partial charge in [0, 0.05) is 18.3 Å². The molecule has 0 bridgehead atoms. The number of nitrogens with one attached hydrogen (secondary N) is 1. The summed E-state index contributed by atoms with van der Waals surface area (Å²) in [5, 5.41) is 12.7. The predicted molar refractivity (Wildman–Crippen MR) is 69.6 cm³/mol. The third-order valence-corrected chi connectivity index (χ3v) is 2.58. The number of anilines is 2. The lowest BCUT2D eigenvalue weighted by Crippen LogP contribution is -2.15. The minimum atomic E-state index is -1.33. The van der Waals surface area contributed by atoms with E-state index in [-0.39, 0.29) is 11.3 Å². The summed E-state index contributed by atoms with van der Waals surface area (Å²) in [6.45, 7) is 0. The maximum Gasteiger partial charge on any atom is 0.307 e. The van der Waals surface area contributed by atoms with Gasteiger partial charge in [0.2, 0.25) is 5.82 Å². The number of nitro benzene ring substituents is 1. The zero-order valence-corrected chi connectivity index (χ0v) is 10.3. The van der Waals surface area contributed by atoms with E-state index in [4.69, 9.17) is 5.73 Å². The first-order valence-electron chi connectivity index (χ1n) is 5.54. The monoisotopic (exact) mass is 294 g/mol. The van der Waals surface area contributed by atoms with E-state index >= 15 is 0 Å². The smallest absolute Gasteiger partial charge is 0.307 e. The molecule has 0 fully saturated rings. The largest absolute Gasteiger partial charge is 0.397 e. The van der Waals surface area contributed by atoms with Crippen molar-refractivity contribution in [3.05, 3.63) is 57.9 Å². The fourth-order valence-corrected chi connectivity index (χ4v) is 1.58. The van der Waals surface area contributed by atoms with Crippen LogP contribution in [0.2, 0.25) is 0 Å². The van der Waals surface area contributed by atoms with E-state index < -0.39 is 33.8 Å². The third-order valence-electron chi connectivity index (χ3n) is 2.58. The summed E-state index contributed by atoms with van der Waals surface area (Å²) in [5.74, 6) is -3.27. The Labute approximate surface area is 116 Å². The van der Waals surface area contributed by atoms with Crippen LogP contribution in [-0.4, -0.2) is 15.8 Å². The number of carbonyl (C=O) groups excluding carboxylic acids is 1. The molecule has 9 heteroatoms. The van der Waals surface area contributed by atoms with E-state index in [1.54, 1.807) is 0 Å². The average Bonchev–Trinajstić information content (AvgIpc) is 2.41. The predicted octanol–water partition coefficient (Wildman–Crippen LogP) is 2.10. The van der Waals surface area contributed by atoms with Gasteiger partial charge in [-0.2, -0.15) is 4.39 Å². The molecule has 0 aliphatic rings. The molecule has 1 aromatic heterocycles. The molecular formula is C12H8F2N4O3. The highest BCUT2D eigenvalue weighted by Gasteiger charge is 2.20. The average molecular weight is 294 g/mol. The second-order valence-corrected chi connectivity index (χ2v) is 3.96. The molecule has 2 rings (SSSR count). The van der Waals surface area contributed by atoms with Crippen LogP contribution in [0.3, 0.4) is 0 Å². The summed E-state index contributed by atoms with van der Waals surface area (Å²) in [6.07, 6.45) is 2.52. The SMILES string of the molecule is Nc1cnccc1C(=O)Nc1cc([N+](=O)[O-])c(F)cc1F. The van der Waals surface area contributed by atoms with Gasteiger partial charge in [-0.15, -0.1) is 0 Å². The highest BCUT2D eigenvalue weighted by molar-refractivity contribution is 6.07. The zero-order chi connectivity index (χ0) is 15.6. The first-order chi connectivity index (χ1) is 9.90. The van der Waals surface area contributed by atoms with Crippen LogP contribution in [0.1, 0.15) is 10.4 Å². The molecule has 0 saturated carbocycles. The molecule has 0 radical (unpaired) electrons. The van der Waals surface area contributed by atoms with Crippen molar-refractivity contribution in [3.8, 4) is 0 Å². The molecule has 21 heavy (non-hydrogen) atoms. The quantitative estimate of drug-likeness (QED) is 0.665. The number of rotatable bonds is 3. The van der Waals surface area contributed by atoms with Crippen LogP contribution in [0.25, 0.3) is 0 Å². The first kappa shape index (κ1) is 14.3. The fourth-order valence-electron chi connectivity index (χ4n) is 1.58. The molecule has 0 spiro atoms. The molecule has 7 nitrogen and oxygen atoms in total. The summed E-state index contributed by atoms with van der Waals surface area (Å²) >= 11 is 0. The topological polar surface area (TPSA) is 111 Å². The maximum atomic E-state index is 13.5. The number of amides is 1. The van der Waals surface area contributed by atoms with Crippen LogP contribution in [-0.2, 0) is 0 Å². The van der Waals surface area contributed by atoms with Crippen LogP contribution in [0.5, 0.6) is 0 Å². The molecule has 108 valence electrons. The van der Waals surface area contributed by atoms with Crippen molar-refractivity contribution in [2.45, 2.75) is 0 Å². The van der Waals surface area contributed by atoms with E-state index in [1.165, 1.54) is 18.5 Å². The lowest BCUT2D eigenvalue weighted by molar-refractivity contribution is -0.387. The summed E-state index contributed by atoms with van der Waals surface area (Å²) < 4.78 is 26.7. The Morgan fingerprint density at radius 3 is 2.67 bits per heavy atom. The lowest BCUT2D eigenvalue weighted by atomic mass is 10.2. The van der Waals surface area contributed by atoms with Gasteiger partial charge >= 0.3 is 5.69 Å². The third kappa shape index (κ3) is 2.91. The molecule has 1 heterocycles. The van der Waals surface area contributed by atoms with Gasteiger partial charge in [-0.3, -0.25) is 19.9 Å². The van der Waals surface area contributed by atoms with E-state index in [9.17, 15) is 23.7 Å². The van der Waals surface area contributed by atoms with Crippen LogP contribution in [0.15, 0.2) is 30.6 Å². The van der Waals surface area contributed by atoms with Gasteiger partial charge in [-0.1, -0.05) is 0 Å². The molecule has 1 aromatic carbocycles. The van der Waals surface area contributed by atoms with Crippen molar-refractivity contribution in [1.29, 1.82) is 0 Å². The molecule has 1 amide bonds. The van der Waals surface area contributed by atoms with Gasteiger partial charge in [0.05, 0.1) is 28.1 Å². The van der Waals surface area contributed by atoms with E-state index in [1.807, 2.05) is 0 Å². The highest BCUT2D eigenvalue weighted by atomic mass is 19.1. The molecular weight excluding hydrogens is 286 g/mol. The minimum Gasteiger partial charge on any atom is -0.397 e. The number of carbonyl (C=O) groups is 1. The maximum absolute atomic E-state index is 13.5. The molecule has 2 aromatic rings. The standard InChI is InChI=1S/C12H8F2N4O3/c13-7-3-8(14)11(18(20)21)4-10(7)17-12(19)6-1-2-16-5-9(6)15/h1-5H,15H2,(H,17,19). The van der Waals surface area contributed by atoms with Crippen molar-refractivity contribution >= 4 is 23.0 Å². The van der Waals surface area contributed by atoms with E-state index in [0.29, 0.717) is 12.1 Å². The van der Waals surface area contributed by atoms with Crippen LogP contribution < -0.4 is 11.1 Å². The molecule has 0 atom stereocenters. The number of pyridine rings is 1. The number of hydrogen-bond donors (Lipinski definition) is 2. The summed E-state index contributed by atoms with van der Waals surface area (Å²) in [5.41, 5.74) is 4.12. The molecule has 0 unspecified atom stereocenters. The first-order valence-corrected chi connectivity index (χ1v) is 5.54. The Kier molecular flexibility index (Phi) is 3.74. The Bertz CT molecular complexity index is 736.